The first-order valence-corrected chi connectivity index (χ1v) is 3.93. The number of para-hydroxylation sites is 2. The molecule has 0 saturated carbocycles. The van der Waals surface area contributed by atoms with E-state index in [1.54, 1.807) is 18.1 Å². The highest BCUT2D eigenvalue weighted by Gasteiger charge is 2.03. The lowest BCUT2D eigenvalue weighted by Crippen LogP contribution is -2.27. The lowest BCUT2D eigenvalue weighted by Gasteiger charge is -2.11. The molecule has 1 amide bonds. The third-order valence-electron chi connectivity index (χ3n) is 1.93. The Kier molecular flexibility index (Phi) is 1.73. The summed E-state index contributed by atoms with van der Waals surface area (Å²) in [5.41, 5.74) is 1.81. The average Bonchev–Trinajstić information content (AvgIpc) is 2.60. The van der Waals surface area contributed by atoms with Crippen LogP contribution in [0.25, 0.3) is 11.0 Å². The number of carbonyl (C=O) groups is 1. The summed E-state index contributed by atoms with van der Waals surface area (Å²) in [6.45, 7) is 0. The molecule has 4 heteroatoms. The summed E-state index contributed by atoms with van der Waals surface area (Å²) in [6.07, 6.45) is 2.37. The van der Waals surface area contributed by atoms with Crippen molar-refractivity contribution in [3.8, 4) is 0 Å². The molecule has 0 fully saturated rings. The van der Waals surface area contributed by atoms with Crippen molar-refractivity contribution in [1.82, 2.24) is 9.66 Å². The van der Waals surface area contributed by atoms with Crippen molar-refractivity contribution < 1.29 is 4.79 Å². The highest BCUT2D eigenvalue weighted by molar-refractivity contribution is 5.77. The van der Waals surface area contributed by atoms with Crippen LogP contribution in [-0.4, -0.2) is 23.1 Å². The monoisotopic (exact) mass is 175 g/mol. The molecular formula is C9H9N3O. The van der Waals surface area contributed by atoms with Crippen LogP contribution in [0.3, 0.4) is 0 Å². The zero-order valence-electron chi connectivity index (χ0n) is 7.21. The van der Waals surface area contributed by atoms with Gasteiger partial charge in [0.1, 0.15) is 6.33 Å². The maximum absolute atomic E-state index is 10.5. The van der Waals surface area contributed by atoms with E-state index in [2.05, 4.69) is 4.98 Å². The first kappa shape index (κ1) is 7.79. The van der Waals surface area contributed by atoms with Gasteiger partial charge in [0.15, 0.2) is 0 Å². The molecule has 0 unspecified atom stereocenters. The summed E-state index contributed by atoms with van der Waals surface area (Å²) in [4.78, 5) is 14.7. The molecule has 66 valence electrons. The van der Waals surface area contributed by atoms with E-state index >= 15 is 0 Å². The predicted octanol–water partition coefficient (Wildman–Crippen LogP) is 0.760. The van der Waals surface area contributed by atoms with Crippen LogP contribution >= 0.6 is 0 Å². The Morgan fingerprint density at radius 3 is 3.00 bits per heavy atom. The summed E-state index contributed by atoms with van der Waals surface area (Å²) in [5, 5.41) is 1.44. The lowest BCUT2D eigenvalue weighted by atomic mass is 10.3. The van der Waals surface area contributed by atoms with E-state index in [4.69, 9.17) is 0 Å². The SMILES string of the molecule is CN(C=O)n1cnc2ccccc21. The largest absolute Gasteiger partial charge is 0.277 e. The van der Waals surface area contributed by atoms with E-state index in [9.17, 15) is 4.79 Å². The highest BCUT2D eigenvalue weighted by Crippen LogP contribution is 2.10. The number of aromatic nitrogens is 2. The molecule has 2 rings (SSSR count). The van der Waals surface area contributed by atoms with Crippen molar-refractivity contribution in [2.45, 2.75) is 0 Å². The minimum absolute atomic E-state index is 0.744. The fourth-order valence-electron chi connectivity index (χ4n) is 1.25. The van der Waals surface area contributed by atoms with E-state index in [1.807, 2.05) is 24.3 Å². The fourth-order valence-corrected chi connectivity index (χ4v) is 1.25. The fraction of sp³-hybridized carbons (Fsp3) is 0.111. The number of carbonyl (C=O) groups excluding carboxylic acids is 1. The molecule has 0 spiro atoms. The molecular weight excluding hydrogens is 166 g/mol. The van der Waals surface area contributed by atoms with Crippen molar-refractivity contribution in [3.05, 3.63) is 30.6 Å². The van der Waals surface area contributed by atoms with Gasteiger partial charge >= 0.3 is 0 Å². The van der Waals surface area contributed by atoms with Crippen LogP contribution in [0, 0.1) is 0 Å². The molecule has 2 aromatic rings. The quantitative estimate of drug-likeness (QED) is 0.632. The van der Waals surface area contributed by atoms with Gasteiger partial charge in [0, 0.05) is 7.05 Å². The highest BCUT2D eigenvalue weighted by atomic mass is 16.1. The first-order chi connectivity index (χ1) is 6.33. The Labute approximate surface area is 75.4 Å². The number of rotatable bonds is 2. The third-order valence-corrected chi connectivity index (χ3v) is 1.93. The van der Waals surface area contributed by atoms with Gasteiger partial charge in [0.05, 0.1) is 11.0 Å². The molecule has 0 saturated heterocycles. The summed E-state index contributed by atoms with van der Waals surface area (Å²) in [5.74, 6) is 0. The number of fused-ring (bicyclic) bond motifs is 1. The molecule has 0 aliphatic carbocycles. The molecule has 0 bridgehead atoms. The maximum Gasteiger partial charge on any atom is 0.228 e. The Bertz CT molecular complexity index is 435. The Balaban J connectivity index is 2.64. The van der Waals surface area contributed by atoms with Crippen molar-refractivity contribution >= 4 is 17.4 Å². The number of imidazole rings is 1. The van der Waals surface area contributed by atoms with E-state index in [-0.39, 0.29) is 0 Å². The Morgan fingerprint density at radius 2 is 2.23 bits per heavy atom. The minimum atomic E-state index is 0.744. The normalized spacial score (nSPS) is 10.2. The second kappa shape index (κ2) is 2.90. The van der Waals surface area contributed by atoms with Crippen molar-refractivity contribution in [1.29, 1.82) is 0 Å². The summed E-state index contributed by atoms with van der Waals surface area (Å²) >= 11 is 0. The average molecular weight is 175 g/mol. The van der Waals surface area contributed by atoms with Crippen molar-refractivity contribution in [2.24, 2.45) is 0 Å². The topological polar surface area (TPSA) is 38.1 Å². The van der Waals surface area contributed by atoms with Crippen LogP contribution in [0.5, 0.6) is 0 Å². The van der Waals surface area contributed by atoms with Crippen molar-refractivity contribution in [2.75, 3.05) is 12.1 Å². The standard InChI is InChI=1S/C9H9N3O/c1-11(7-13)12-6-10-8-4-2-3-5-9(8)12/h2-7H,1H3. The van der Waals surface area contributed by atoms with Crippen LogP contribution in [0.1, 0.15) is 0 Å². The predicted molar refractivity (Wildman–Crippen MR) is 49.9 cm³/mol. The number of hydrogen-bond donors (Lipinski definition) is 0. The molecule has 1 aromatic heterocycles. The molecule has 1 aromatic carbocycles. The van der Waals surface area contributed by atoms with E-state index < -0.39 is 0 Å². The van der Waals surface area contributed by atoms with E-state index in [0.29, 0.717) is 0 Å². The second-order valence-corrected chi connectivity index (χ2v) is 2.76. The second-order valence-electron chi connectivity index (χ2n) is 2.76. The first-order valence-electron chi connectivity index (χ1n) is 3.93. The zero-order chi connectivity index (χ0) is 9.26. The van der Waals surface area contributed by atoms with Gasteiger partial charge in [-0.25, -0.2) is 9.66 Å². The summed E-state index contributed by atoms with van der Waals surface area (Å²) in [6, 6.07) is 7.66. The number of benzene rings is 1. The van der Waals surface area contributed by atoms with Crippen LogP contribution in [-0.2, 0) is 4.79 Å². The van der Waals surface area contributed by atoms with Crippen LogP contribution in [0.4, 0.5) is 0 Å². The number of amides is 1. The molecule has 0 radical (unpaired) electrons. The maximum atomic E-state index is 10.5. The van der Waals surface area contributed by atoms with Gasteiger partial charge in [0.25, 0.3) is 0 Å². The summed E-state index contributed by atoms with van der Waals surface area (Å²) in [7, 11) is 1.68. The summed E-state index contributed by atoms with van der Waals surface area (Å²) < 4.78 is 1.70. The minimum Gasteiger partial charge on any atom is -0.277 e. The van der Waals surface area contributed by atoms with Crippen molar-refractivity contribution in [3.63, 3.8) is 0 Å². The van der Waals surface area contributed by atoms with Gasteiger partial charge in [0.2, 0.25) is 6.41 Å². The smallest absolute Gasteiger partial charge is 0.228 e. The van der Waals surface area contributed by atoms with E-state index in [1.165, 1.54) is 5.01 Å². The lowest BCUT2D eigenvalue weighted by molar-refractivity contribution is -0.108. The van der Waals surface area contributed by atoms with Gasteiger partial charge in [-0.1, -0.05) is 12.1 Å². The molecule has 0 aliphatic rings. The van der Waals surface area contributed by atoms with Crippen LogP contribution < -0.4 is 5.01 Å². The number of nitrogens with zero attached hydrogens (tertiary/aromatic N) is 3. The van der Waals surface area contributed by atoms with Gasteiger partial charge < -0.3 is 0 Å². The van der Waals surface area contributed by atoms with Gasteiger partial charge in [-0.15, -0.1) is 0 Å². The van der Waals surface area contributed by atoms with Gasteiger partial charge in [-0.3, -0.25) is 9.80 Å². The molecule has 4 nitrogen and oxygen atoms in total. The van der Waals surface area contributed by atoms with Gasteiger partial charge in [-0.05, 0) is 12.1 Å². The Hall–Kier alpha value is -1.84. The molecule has 0 N–H and O–H groups in total. The van der Waals surface area contributed by atoms with Gasteiger partial charge in [-0.2, -0.15) is 0 Å². The molecule has 1 heterocycles. The van der Waals surface area contributed by atoms with Crippen LogP contribution in [0.2, 0.25) is 0 Å². The van der Waals surface area contributed by atoms with Crippen LogP contribution in [0.15, 0.2) is 30.6 Å². The zero-order valence-corrected chi connectivity index (χ0v) is 7.21. The third kappa shape index (κ3) is 1.16. The molecule has 0 atom stereocenters. The Morgan fingerprint density at radius 1 is 1.46 bits per heavy atom. The number of hydrogen-bond acceptors (Lipinski definition) is 2. The molecule has 13 heavy (non-hydrogen) atoms. The van der Waals surface area contributed by atoms with E-state index in [0.717, 1.165) is 17.4 Å². The molecule has 0 aliphatic heterocycles.